The van der Waals surface area contributed by atoms with Gasteiger partial charge in [0.1, 0.15) is 6.54 Å². The lowest BCUT2D eigenvalue weighted by atomic mass is 9.81. The number of alkyl halides is 3. The van der Waals surface area contributed by atoms with Gasteiger partial charge in [-0.2, -0.15) is 13.2 Å². The number of carbonyl (C=O) groups is 3. The summed E-state index contributed by atoms with van der Waals surface area (Å²) in [6.45, 7) is -0.220. The van der Waals surface area contributed by atoms with Crippen LogP contribution in [-0.2, 0) is 27.1 Å². The first-order chi connectivity index (χ1) is 12.7. The number of rotatable bonds is 4. The summed E-state index contributed by atoms with van der Waals surface area (Å²) in [5.74, 6) is -1.59. The van der Waals surface area contributed by atoms with Gasteiger partial charge in [-0.1, -0.05) is 25.0 Å². The van der Waals surface area contributed by atoms with E-state index in [1.54, 1.807) is 0 Å². The molecule has 2 atom stereocenters. The molecule has 0 bridgehead atoms. The third-order valence-electron chi connectivity index (χ3n) is 5.35. The highest BCUT2D eigenvalue weighted by Gasteiger charge is 2.48. The second-order valence-corrected chi connectivity index (χ2v) is 7.20. The van der Waals surface area contributed by atoms with E-state index in [9.17, 15) is 27.6 Å². The standard InChI is InChI=1S/C19H21F3N2O3/c1-23(10-12-6-8-13(9-7-12)19(20,21)22)16(25)11-24-17(26)14-4-2-3-5-15(14)18(24)27/h6-9,14-15H,2-5,10-11H2,1H3/t14-,15-/m0/s1. The van der Waals surface area contributed by atoms with Gasteiger partial charge in [0.15, 0.2) is 0 Å². The van der Waals surface area contributed by atoms with Crippen molar-refractivity contribution in [3.63, 3.8) is 0 Å². The van der Waals surface area contributed by atoms with Crippen molar-refractivity contribution < 1.29 is 27.6 Å². The Morgan fingerprint density at radius 2 is 1.59 bits per heavy atom. The van der Waals surface area contributed by atoms with Crippen molar-refractivity contribution in [2.75, 3.05) is 13.6 Å². The van der Waals surface area contributed by atoms with Gasteiger partial charge in [0.2, 0.25) is 17.7 Å². The number of likely N-dealkylation sites (N-methyl/N-ethyl adjacent to an activating group) is 1. The van der Waals surface area contributed by atoms with Crippen LogP contribution >= 0.6 is 0 Å². The van der Waals surface area contributed by atoms with Gasteiger partial charge in [-0.25, -0.2) is 0 Å². The molecule has 1 aromatic rings. The monoisotopic (exact) mass is 382 g/mol. The zero-order valence-electron chi connectivity index (χ0n) is 15.0. The number of fused-ring (bicyclic) bond motifs is 1. The molecular weight excluding hydrogens is 361 g/mol. The number of benzene rings is 1. The molecule has 1 aromatic carbocycles. The van der Waals surface area contributed by atoms with Crippen LogP contribution in [0.1, 0.15) is 36.8 Å². The topological polar surface area (TPSA) is 57.7 Å². The average molecular weight is 382 g/mol. The normalized spacial score (nSPS) is 22.7. The molecule has 0 unspecified atom stereocenters. The van der Waals surface area contributed by atoms with Crippen LogP contribution in [0.5, 0.6) is 0 Å². The van der Waals surface area contributed by atoms with E-state index in [0.29, 0.717) is 18.4 Å². The van der Waals surface area contributed by atoms with Crippen LogP contribution in [0.25, 0.3) is 0 Å². The molecule has 0 N–H and O–H groups in total. The molecular formula is C19H21F3N2O3. The molecule has 146 valence electrons. The van der Waals surface area contributed by atoms with Crippen molar-refractivity contribution in [3.8, 4) is 0 Å². The Balaban J connectivity index is 1.61. The maximum atomic E-state index is 12.6. The van der Waals surface area contributed by atoms with E-state index in [1.807, 2.05) is 0 Å². The fraction of sp³-hybridized carbons (Fsp3) is 0.526. The van der Waals surface area contributed by atoms with E-state index in [4.69, 9.17) is 0 Å². The van der Waals surface area contributed by atoms with Crippen molar-refractivity contribution in [1.82, 2.24) is 9.80 Å². The molecule has 8 heteroatoms. The number of amides is 3. The molecule has 0 radical (unpaired) electrons. The highest BCUT2D eigenvalue weighted by molar-refractivity contribution is 6.07. The lowest BCUT2D eigenvalue weighted by Crippen LogP contribution is -2.41. The number of hydrogen-bond acceptors (Lipinski definition) is 3. The van der Waals surface area contributed by atoms with E-state index in [0.717, 1.165) is 29.9 Å². The van der Waals surface area contributed by atoms with E-state index in [1.165, 1.54) is 24.1 Å². The van der Waals surface area contributed by atoms with Gasteiger partial charge >= 0.3 is 6.18 Å². The summed E-state index contributed by atoms with van der Waals surface area (Å²) < 4.78 is 37.8. The minimum atomic E-state index is -4.41. The average Bonchev–Trinajstić information content (AvgIpc) is 2.86. The molecule has 5 nitrogen and oxygen atoms in total. The van der Waals surface area contributed by atoms with Crippen LogP contribution in [0.3, 0.4) is 0 Å². The molecule has 0 spiro atoms. The maximum Gasteiger partial charge on any atom is 0.416 e. The van der Waals surface area contributed by atoms with Gasteiger partial charge in [0.25, 0.3) is 0 Å². The van der Waals surface area contributed by atoms with Gasteiger partial charge in [-0.3, -0.25) is 19.3 Å². The van der Waals surface area contributed by atoms with Crippen LogP contribution in [-0.4, -0.2) is 41.1 Å². The summed E-state index contributed by atoms with van der Waals surface area (Å²) in [7, 11) is 1.50. The highest BCUT2D eigenvalue weighted by Crippen LogP contribution is 2.38. The molecule has 1 aliphatic heterocycles. The second kappa shape index (κ2) is 7.32. The minimum absolute atomic E-state index is 0.0973. The molecule has 1 saturated heterocycles. The lowest BCUT2D eigenvalue weighted by Gasteiger charge is -2.21. The quantitative estimate of drug-likeness (QED) is 0.753. The maximum absolute atomic E-state index is 12.6. The Morgan fingerprint density at radius 3 is 2.07 bits per heavy atom. The van der Waals surface area contributed by atoms with Crippen LogP contribution < -0.4 is 0 Å². The van der Waals surface area contributed by atoms with E-state index >= 15 is 0 Å². The van der Waals surface area contributed by atoms with Crippen molar-refractivity contribution in [2.24, 2.45) is 11.8 Å². The Hall–Kier alpha value is -2.38. The first kappa shape index (κ1) is 19.4. The molecule has 1 heterocycles. The fourth-order valence-electron chi connectivity index (χ4n) is 3.80. The largest absolute Gasteiger partial charge is 0.416 e. The predicted octanol–water partition coefficient (Wildman–Crippen LogP) is 2.84. The summed E-state index contributed by atoms with van der Waals surface area (Å²) in [6.07, 6.45) is -1.22. The van der Waals surface area contributed by atoms with E-state index in [2.05, 4.69) is 0 Å². The smallest absolute Gasteiger partial charge is 0.340 e. The highest BCUT2D eigenvalue weighted by atomic mass is 19.4. The molecule has 0 aromatic heterocycles. The number of likely N-dealkylation sites (tertiary alicyclic amines) is 1. The number of imide groups is 1. The molecule has 27 heavy (non-hydrogen) atoms. The minimum Gasteiger partial charge on any atom is -0.340 e. The van der Waals surface area contributed by atoms with Gasteiger partial charge in [-0.05, 0) is 30.5 Å². The summed E-state index contributed by atoms with van der Waals surface area (Å²) >= 11 is 0. The van der Waals surface area contributed by atoms with Gasteiger partial charge < -0.3 is 4.90 Å². The molecule has 3 amide bonds. The van der Waals surface area contributed by atoms with Gasteiger partial charge in [0, 0.05) is 13.6 Å². The zero-order valence-corrected chi connectivity index (χ0v) is 15.0. The molecule has 2 aliphatic rings. The number of carbonyl (C=O) groups excluding carboxylic acids is 3. The molecule has 3 rings (SSSR count). The van der Waals surface area contributed by atoms with Crippen molar-refractivity contribution in [3.05, 3.63) is 35.4 Å². The summed E-state index contributed by atoms with van der Waals surface area (Å²) in [4.78, 5) is 39.6. The summed E-state index contributed by atoms with van der Waals surface area (Å²) in [5, 5.41) is 0. The first-order valence-electron chi connectivity index (χ1n) is 8.94. The van der Waals surface area contributed by atoms with Crippen molar-refractivity contribution >= 4 is 17.7 Å². The third-order valence-corrected chi connectivity index (χ3v) is 5.35. The first-order valence-corrected chi connectivity index (χ1v) is 8.94. The van der Waals surface area contributed by atoms with Gasteiger partial charge in [0.05, 0.1) is 17.4 Å². The van der Waals surface area contributed by atoms with Crippen LogP contribution in [0.15, 0.2) is 24.3 Å². The van der Waals surface area contributed by atoms with Crippen molar-refractivity contribution in [2.45, 2.75) is 38.4 Å². The Morgan fingerprint density at radius 1 is 1.07 bits per heavy atom. The van der Waals surface area contributed by atoms with Crippen LogP contribution in [0.2, 0.25) is 0 Å². The predicted molar refractivity (Wildman–Crippen MR) is 90.1 cm³/mol. The lowest BCUT2D eigenvalue weighted by molar-refractivity contribution is -0.146. The van der Waals surface area contributed by atoms with Gasteiger partial charge in [-0.15, -0.1) is 0 Å². The summed E-state index contributed by atoms with van der Waals surface area (Å²) in [5.41, 5.74) is -0.220. The fourth-order valence-corrected chi connectivity index (χ4v) is 3.80. The Bertz CT molecular complexity index is 722. The van der Waals surface area contributed by atoms with E-state index < -0.39 is 17.6 Å². The molecule has 2 fully saturated rings. The van der Waals surface area contributed by atoms with Crippen molar-refractivity contribution in [1.29, 1.82) is 0 Å². The Labute approximate surface area is 155 Å². The Kier molecular flexibility index (Phi) is 5.26. The number of hydrogen-bond donors (Lipinski definition) is 0. The van der Waals surface area contributed by atoms with E-state index in [-0.39, 0.29) is 36.7 Å². The third kappa shape index (κ3) is 3.99. The summed E-state index contributed by atoms with van der Waals surface area (Å²) in [6, 6.07) is 4.55. The van der Waals surface area contributed by atoms with Crippen LogP contribution in [0, 0.1) is 11.8 Å². The number of nitrogens with zero attached hydrogens (tertiary/aromatic N) is 2. The SMILES string of the molecule is CN(Cc1ccc(C(F)(F)F)cc1)C(=O)CN1C(=O)[C@H]2CCCC[C@@H]2C1=O. The molecule has 1 aliphatic carbocycles. The number of halogens is 3. The molecule has 1 saturated carbocycles. The van der Waals surface area contributed by atoms with Crippen LogP contribution in [0.4, 0.5) is 13.2 Å². The zero-order chi connectivity index (χ0) is 19.8. The second-order valence-electron chi connectivity index (χ2n) is 7.20.